The number of hydrogen-bond donors (Lipinski definition) is 4. The van der Waals surface area contributed by atoms with Gasteiger partial charge in [-0.3, -0.25) is 24.1 Å². The van der Waals surface area contributed by atoms with E-state index in [4.69, 9.17) is 9.31 Å². The number of piperazine rings is 1. The van der Waals surface area contributed by atoms with Crippen LogP contribution in [0.5, 0.6) is 0 Å². The second-order valence-electron chi connectivity index (χ2n) is 10.8. The molecule has 0 aliphatic carbocycles. The van der Waals surface area contributed by atoms with Crippen LogP contribution in [0.3, 0.4) is 0 Å². The molecule has 1 aromatic carbocycles. The van der Waals surface area contributed by atoms with Gasteiger partial charge in [-0.2, -0.15) is 0 Å². The Morgan fingerprint density at radius 2 is 1.66 bits per heavy atom. The molecule has 4 rings (SSSR count). The zero-order valence-electron chi connectivity index (χ0n) is 23.6. The first-order valence-electron chi connectivity index (χ1n) is 13.7. The average molecular weight is 565 g/mol. The molecule has 12 nitrogen and oxygen atoms in total. The van der Waals surface area contributed by atoms with Crippen molar-refractivity contribution in [2.45, 2.75) is 57.4 Å². The third kappa shape index (κ3) is 7.29. The van der Waals surface area contributed by atoms with Crippen molar-refractivity contribution in [1.82, 2.24) is 25.8 Å². The fourth-order valence-electron chi connectivity index (χ4n) is 4.91. The molecule has 0 spiro atoms. The second kappa shape index (κ2) is 13.2. The van der Waals surface area contributed by atoms with Crippen LogP contribution in [-0.2, 0) is 23.7 Å². The largest absolute Gasteiger partial charge is 0.622 e. The number of aliphatic hydroxyl groups is 1. The predicted octanol–water partition coefficient (Wildman–Crippen LogP) is 0.158. The van der Waals surface area contributed by atoms with Gasteiger partial charge < -0.3 is 30.4 Å². The van der Waals surface area contributed by atoms with E-state index in [2.05, 4.69) is 20.9 Å². The number of hydrogen-bond acceptors (Lipinski definition) is 10. The molecular weight excluding hydrogens is 529 g/mol. The number of carbonyl (C=O) groups excluding carboxylic acids is 4. The van der Waals surface area contributed by atoms with Gasteiger partial charge in [-0.15, -0.1) is 0 Å². The number of pyridine rings is 1. The summed E-state index contributed by atoms with van der Waals surface area (Å²) in [6.45, 7) is 5.79. The molecule has 0 saturated carbocycles. The fourth-order valence-corrected chi connectivity index (χ4v) is 4.91. The quantitative estimate of drug-likeness (QED) is 0.309. The molecule has 2 fully saturated rings. The maximum absolute atomic E-state index is 13.4. The van der Waals surface area contributed by atoms with Crippen molar-refractivity contribution in [3.05, 3.63) is 54.2 Å². The SMILES string of the molecule is CC(C)C[C@H](NC(=O)[C@@H](NC(=O)c1cccc(-c2ccccc2)n1)[C@@H](C)O)B1OC(=O)[C@H]2CNC[C@@H](C(=O)O1)N2C. The highest BCUT2D eigenvalue weighted by atomic mass is 16.6. The Morgan fingerprint density at radius 1 is 1.02 bits per heavy atom. The molecule has 41 heavy (non-hydrogen) atoms. The van der Waals surface area contributed by atoms with Crippen LogP contribution in [-0.4, -0.2) is 96.2 Å². The summed E-state index contributed by atoms with van der Waals surface area (Å²) < 4.78 is 11.2. The molecule has 0 radical (unpaired) electrons. The highest BCUT2D eigenvalue weighted by Crippen LogP contribution is 2.20. The van der Waals surface area contributed by atoms with Crippen LogP contribution in [0.1, 0.15) is 37.7 Å². The molecule has 3 heterocycles. The van der Waals surface area contributed by atoms with Gasteiger partial charge in [-0.05, 0) is 38.4 Å². The van der Waals surface area contributed by atoms with Gasteiger partial charge in [0.05, 0.1) is 17.7 Å². The Bertz CT molecular complexity index is 1240. The number of aromatic nitrogens is 1. The smallest absolute Gasteiger partial charge is 0.497 e. The minimum Gasteiger partial charge on any atom is -0.497 e. The monoisotopic (exact) mass is 565 g/mol. The lowest BCUT2D eigenvalue weighted by Crippen LogP contribution is -2.66. The Labute approximate surface area is 239 Å². The van der Waals surface area contributed by atoms with E-state index in [1.807, 2.05) is 44.2 Å². The van der Waals surface area contributed by atoms with E-state index in [1.165, 1.54) is 13.0 Å². The van der Waals surface area contributed by atoms with Crippen LogP contribution in [0.2, 0.25) is 0 Å². The minimum atomic E-state index is -1.38. The molecule has 2 aromatic rings. The Balaban J connectivity index is 1.51. The standard InChI is InChI=1S/C28H36BN5O7/c1-16(2)13-23(29-40-27(38)21-14-30-15-22(34(21)4)28(39)41-29)32-26(37)24(17(3)35)33-25(36)20-12-8-11-19(31-20)18-9-6-5-7-10-18/h5-12,16-17,21-24,30,35H,13-15H2,1-4H3,(H,32,37)(H,33,36)/t17-,21-,22+,23+,24+/m1/s1. The van der Waals surface area contributed by atoms with Crippen molar-refractivity contribution in [2.24, 2.45) is 5.92 Å². The zero-order valence-corrected chi connectivity index (χ0v) is 23.6. The van der Waals surface area contributed by atoms with Gasteiger partial charge in [-0.1, -0.05) is 50.2 Å². The summed E-state index contributed by atoms with van der Waals surface area (Å²) in [5.74, 6) is -3.48. The van der Waals surface area contributed by atoms with E-state index in [9.17, 15) is 24.3 Å². The van der Waals surface area contributed by atoms with Gasteiger partial charge in [0.25, 0.3) is 5.91 Å². The topological polar surface area (TPSA) is 159 Å². The molecule has 13 heteroatoms. The summed E-state index contributed by atoms with van der Waals surface area (Å²) in [6, 6.07) is 11.5. The molecule has 1 aromatic heterocycles. The third-order valence-corrected chi connectivity index (χ3v) is 7.15. The summed E-state index contributed by atoms with van der Waals surface area (Å²) in [5, 5.41) is 18.8. The van der Waals surface area contributed by atoms with Gasteiger partial charge in [0.2, 0.25) is 5.91 Å². The van der Waals surface area contributed by atoms with Crippen molar-refractivity contribution in [3.8, 4) is 11.3 Å². The first kappa shape index (κ1) is 30.2. The number of amides is 2. The summed E-state index contributed by atoms with van der Waals surface area (Å²) >= 11 is 0. The van der Waals surface area contributed by atoms with Crippen molar-refractivity contribution in [1.29, 1.82) is 0 Å². The van der Waals surface area contributed by atoms with E-state index >= 15 is 0 Å². The summed E-state index contributed by atoms with van der Waals surface area (Å²) in [5.41, 5.74) is 1.46. The molecule has 218 valence electrons. The molecule has 2 aliphatic heterocycles. The maximum Gasteiger partial charge on any atom is 0.622 e. The van der Waals surface area contributed by atoms with Crippen LogP contribution in [0, 0.1) is 5.92 Å². The lowest BCUT2D eigenvalue weighted by molar-refractivity contribution is -0.156. The number of nitrogens with zero attached hydrogens (tertiary/aromatic N) is 2. The first-order valence-corrected chi connectivity index (χ1v) is 13.7. The van der Waals surface area contributed by atoms with E-state index in [0.717, 1.165) is 5.56 Å². The van der Waals surface area contributed by atoms with E-state index in [0.29, 0.717) is 25.2 Å². The number of rotatable bonds is 9. The highest BCUT2D eigenvalue weighted by molar-refractivity contribution is 6.51. The summed E-state index contributed by atoms with van der Waals surface area (Å²) in [7, 11) is 0.278. The van der Waals surface area contributed by atoms with Crippen LogP contribution in [0.4, 0.5) is 0 Å². The van der Waals surface area contributed by atoms with E-state index < -0.39 is 61.0 Å². The fraction of sp³-hybridized carbons (Fsp3) is 0.464. The number of benzene rings is 1. The lowest BCUT2D eigenvalue weighted by atomic mass is 9.73. The zero-order chi connectivity index (χ0) is 29.7. The predicted molar refractivity (Wildman–Crippen MR) is 150 cm³/mol. The average Bonchev–Trinajstić information content (AvgIpc) is 2.94. The molecular formula is C28H36BN5O7. The molecule has 2 aliphatic rings. The number of aliphatic hydroxyl groups excluding tert-OH is 1. The maximum atomic E-state index is 13.4. The van der Waals surface area contributed by atoms with Gasteiger partial charge in [-0.25, -0.2) is 4.98 Å². The summed E-state index contributed by atoms with van der Waals surface area (Å²) in [6.07, 6.45) is -0.987. The van der Waals surface area contributed by atoms with Crippen molar-refractivity contribution in [2.75, 3.05) is 20.1 Å². The van der Waals surface area contributed by atoms with Gasteiger partial charge >= 0.3 is 19.1 Å². The Morgan fingerprint density at radius 3 is 2.24 bits per heavy atom. The molecule has 4 N–H and O–H groups in total. The van der Waals surface area contributed by atoms with E-state index in [1.54, 1.807) is 24.1 Å². The van der Waals surface area contributed by atoms with Crippen LogP contribution < -0.4 is 16.0 Å². The van der Waals surface area contributed by atoms with Crippen molar-refractivity contribution >= 4 is 30.9 Å². The summed E-state index contributed by atoms with van der Waals surface area (Å²) in [4.78, 5) is 58.5. The minimum absolute atomic E-state index is 0.0107. The molecule has 0 unspecified atom stereocenters. The molecule has 2 bridgehead atoms. The number of nitrogens with one attached hydrogen (secondary N) is 3. The van der Waals surface area contributed by atoms with E-state index in [-0.39, 0.29) is 11.6 Å². The Kier molecular flexibility index (Phi) is 9.74. The lowest BCUT2D eigenvalue weighted by Gasteiger charge is -2.40. The third-order valence-electron chi connectivity index (χ3n) is 7.15. The van der Waals surface area contributed by atoms with Gasteiger partial charge in [0.15, 0.2) is 0 Å². The highest BCUT2D eigenvalue weighted by Gasteiger charge is 2.48. The number of carbonyl (C=O) groups is 4. The van der Waals surface area contributed by atoms with Crippen LogP contribution in [0.25, 0.3) is 11.3 Å². The number of likely N-dealkylation sites (N-methyl/N-ethyl adjacent to an activating group) is 1. The molecule has 2 saturated heterocycles. The van der Waals surface area contributed by atoms with Crippen LogP contribution >= 0.6 is 0 Å². The van der Waals surface area contributed by atoms with Crippen molar-refractivity contribution < 1.29 is 33.6 Å². The number of fused-ring (bicyclic) bond motifs is 2. The Hall–Kier alpha value is -3.81. The molecule has 5 atom stereocenters. The van der Waals surface area contributed by atoms with Gasteiger partial charge in [0, 0.05) is 18.7 Å². The van der Waals surface area contributed by atoms with Crippen LogP contribution in [0.15, 0.2) is 48.5 Å². The molecule has 2 amide bonds. The first-order chi connectivity index (χ1) is 19.5. The second-order valence-corrected chi connectivity index (χ2v) is 10.8. The van der Waals surface area contributed by atoms with Gasteiger partial charge in [0.1, 0.15) is 23.8 Å². The normalized spacial score (nSPS) is 21.6. The van der Waals surface area contributed by atoms with Crippen molar-refractivity contribution in [3.63, 3.8) is 0 Å².